The van der Waals surface area contributed by atoms with Gasteiger partial charge >= 0.3 is 0 Å². The predicted octanol–water partition coefficient (Wildman–Crippen LogP) is 2.90. The molecule has 90 valence electrons. The molecule has 9 heteroatoms. The molecule has 2 rings (SSSR count). The topological polar surface area (TPSA) is 63.6 Å². The van der Waals surface area contributed by atoms with Gasteiger partial charge in [-0.2, -0.15) is 0 Å². The normalized spacial score (nSPS) is 10.5. The second-order valence-corrected chi connectivity index (χ2v) is 6.41. The molecule has 17 heavy (non-hydrogen) atoms. The number of halogens is 1. The molecule has 0 aliphatic carbocycles. The van der Waals surface area contributed by atoms with Crippen molar-refractivity contribution in [3.63, 3.8) is 0 Å². The molecule has 0 unspecified atom stereocenters. The van der Waals surface area contributed by atoms with Crippen molar-refractivity contribution in [3.05, 3.63) is 11.2 Å². The molecule has 0 bridgehead atoms. The number of anilines is 1. The minimum absolute atomic E-state index is 0.509. The number of nitrogens with zero attached hydrogens (tertiary/aromatic N) is 4. The Hall–Kier alpha value is -0.570. The number of aromatic nitrogens is 4. The fourth-order valence-electron chi connectivity index (χ4n) is 0.947. The Morgan fingerprint density at radius 3 is 2.76 bits per heavy atom. The maximum Gasteiger partial charge on any atom is 0.223 e. The number of nitrogens with one attached hydrogen (secondary N) is 1. The Morgan fingerprint density at radius 2 is 2.12 bits per heavy atom. The standard InChI is InChI=1S/C8H8ClN5S3/c1-10-6-11-3-4(9)5(12-6)16-8-14-13-7(15-2)17-8/h3H,1-2H3,(H,10,11,12). The van der Waals surface area contributed by atoms with E-state index in [1.807, 2.05) is 6.26 Å². The van der Waals surface area contributed by atoms with Crippen LogP contribution in [0.3, 0.4) is 0 Å². The van der Waals surface area contributed by atoms with Crippen LogP contribution in [0.4, 0.5) is 5.95 Å². The SMILES string of the molecule is CNc1ncc(Cl)c(Sc2nnc(SC)s2)n1. The first-order valence-corrected chi connectivity index (χ1v) is 7.72. The van der Waals surface area contributed by atoms with Crippen molar-refractivity contribution in [2.24, 2.45) is 0 Å². The van der Waals surface area contributed by atoms with Crippen molar-refractivity contribution >= 4 is 52.4 Å². The molecule has 0 spiro atoms. The van der Waals surface area contributed by atoms with Gasteiger partial charge in [0.25, 0.3) is 0 Å². The van der Waals surface area contributed by atoms with Crippen LogP contribution in [0, 0.1) is 0 Å². The van der Waals surface area contributed by atoms with Crippen molar-refractivity contribution in [1.29, 1.82) is 0 Å². The molecule has 0 aromatic carbocycles. The smallest absolute Gasteiger partial charge is 0.223 e. The van der Waals surface area contributed by atoms with Crippen LogP contribution in [0.1, 0.15) is 0 Å². The third kappa shape index (κ3) is 3.21. The summed E-state index contributed by atoms with van der Waals surface area (Å²) in [4.78, 5) is 8.28. The molecular weight excluding hydrogens is 298 g/mol. The first kappa shape index (κ1) is 12.9. The zero-order valence-corrected chi connectivity index (χ0v) is 12.2. The summed E-state index contributed by atoms with van der Waals surface area (Å²) in [6, 6.07) is 0. The average molecular weight is 306 g/mol. The van der Waals surface area contributed by atoms with Gasteiger partial charge < -0.3 is 5.32 Å². The Bertz CT molecular complexity index is 518. The maximum atomic E-state index is 6.02. The Labute approximate surface area is 116 Å². The molecule has 0 atom stereocenters. The van der Waals surface area contributed by atoms with Gasteiger partial charge in [0.05, 0.1) is 11.2 Å². The van der Waals surface area contributed by atoms with Gasteiger partial charge in [0.1, 0.15) is 5.03 Å². The van der Waals surface area contributed by atoms with Gasteiger partial charge in [-0.25, -0.2) is 9.97 Å². The van der Waals surface area contributed by atoms with Crippen LogP contribution in [-0.2, 0) is 0 Å². The lowest BCUT2D eigenvalue weighted by Gasteiger charge is -2.02. The molecule has 0 aliphatic rings. The Kier molecular flexibility index (Phi) is 4.43. The van der Waals surface area contributed by atoms with Gasteiger partial charge in [0.2, 0.25) is 5.95 Å². The molecule has 0 radical (unpaired) electrons. The van der Waals surface area contributed by atoms with E-state index in [1.54, 1.807) is 25.0 Å². The highest BCUT2D eigenvalue weighted by atomic mass is 35.5. The van der Waals surface area contributed by atoms with E-state index in [1.165, 1.54) is 23.1 Å². The summed E-state index contributed by atoms with van der Waals surface area (Å²) in [5.74, 6) is 0.534. The highest BCUT2D eigenvalue weighted by Crippen LogP contribution is 2.35. The molecule has 2 aromatic rings. The van der Waals surface area contributed by atoms with Crippen LogP contribution in [0.15, 0.2) is 19.9 Å². The molecule has 2 aromatic heterocycles. The predicted molar refractivity (Wildman–Crippen MR) is 72.4 cm³/mol. The average Bonchev–Trinajstić information content (AvgIpc) is 2.80. The molecule has 5 nitrogen and oxygen atoms in total. The fraction of sp³-hybridized carbons (Fsp3) is 0.250. The first-order chi connectivity index (χ1) is 8.22. The van der Waals surface area contributed by atoms with Crippen LogP contribution in [0.5, 0.6) is 0 Å². The minimum Gasteiger partial charge on any atom is -0.357 e. The van der Waals surface area contributed by atoms with Gasteiger partial charge in [0.15, 0.2) is 8.68 Å². The zero-order chi connectivity index (χ0) is 12.3. The summed E-state index contributed by atoms with van der Waals surface area (Å²) in [6.07, 6.45) is 3.53. The van der Waals surface area contributed by atoms with Crippen LogP contribution < -0.4 is 5.32 Å². The minimum atomic E-state index is 0.509. The lowest BCUT2D eigenvalue weighted by atomic mass is 10.6. The largest absolute Gasteiger partial charge is 0.357 e. The lowest BCUT2D eigenvalue weighted by Crippen LogP contribution is -1.96. The fourth-order valence-corrected chi connectivity index (χ4v) is 3.49. The number of hydrogen-bond donors (Lipinski definition) is 1. The summed E-state index contributed by atoms with van der Waals surface area (Å²) >= 11 is 10.5. The zero-order valence-electron chi connectivity index (χ0n) is 8.97. The summed E-state index contributed by atoms with van der Waals surface area (Å²) in [6.45, 7) is 0. The quantitative estimate of drug-likeness (QED) is 0.688. The molecular formula is C8H8ClN5S3. The van der Waals surface area contributed by atoms with Gasteiger partial charge in [-0.05, 0) is 18.0 Å². The Balaban J connectivity index is 2.22. The Morgan fingerprint density at radius 1 is 1.35 bits per heavy atom. The summed E-state index contributed by atoms with van der Waals surface area (Å²) in [7, 11) is 1.76. The van der Waals surface area contributed by atoms with E-state index in [0.717, 1.165) is 8.68 Å². The maximum absolute atomic E-state index is 6.02. The van der Waals surface area contributed by atoms with Crippen LogP contribution in [0.2, 0.25) is 5.02 Å². The van der Waals surface area contributed by atoms with E-state index in [0.29, 0.717) is 16.0 Å². The molecule has 0 fully saturated rings. The monoisotopic (exact) mass is 305 g/mol. The highest BCUT2D eigenvalue weighted by molar-refractivity contribution is 8.03. The van der Waals surface area contributed by atoms with Crippen molar-refractivity contribution in [3.8, 4) is 0 Å². The van der Waals surface area contributed by atoms with Gasteiger partial charge in [-0.1, -0.05) is 34.7 Å². The van der Waals surface area contributed by atoms with E-state index in [9.17, 15) is 0 Å². The van der Waals surface area contributed by atoms with Gasteiger partial charge in [-0.15, -0.1) is 10.2 Å². The highest BCUT2D eigenvalue weighted by Gasteiger charge is 2.10. The van der Waals surface area contributed by atoms with Gasteiger partial charge in [-0.3, -0.25) is 0 Å². The van der Waals surface area contributed by atoms with Gasteiger partial charge in [0, 0.05) is 7.05 Å². The summed E-state index contributed by atoms with van der Waals surface area (Å²) in [5.41, 5.74) is 0. The number of thioether (sulfide) groups is 1. The van der Waals surface area contributed by atoms with Crippen molar-refractivity contribution in [1.82, 2.24) is 20.2 Å². The second-order valence-electron chi connectivity index (χ2n) is 2.74. The van der Waals surface area contributed by atoms with Crippen molar-refractivity contribution in [2.75, 3.05) is 18.6 Å². The molecule has 0 saturated heterocycles. The third-order valence-corrected chi connectivity index (χ3v) is 5.02. The summed E-state index contributed by atoms with van der Waals surface area (Å²) in [5, 5.41) is 12.1. The van der Waals surface area contributed by atoms with Crippen molar-refractivity contribution < 1.29 is 0 Å². The molecule has 2 heterocycles. The second kappa shape index (κ2) is 5.85. The molecule has 0 amide bonds. The molecule has 0 saturated carbocycles. The van der Waals surface area contributed by atoms with E-state index in [2.05, 4.69) is 25.5 Å². The number of rotatable bonds is 4. The first-order valence-electron chi connectivity index (χ1n) is 4.48. The van der Waals surface area contributed by atoms with E-state index >= 15 is 0 Å². The van der Waals surface area contributed by atoms with E-state index in [-0.39, 0.29) is 0 Å². The molecule has 0 aliphatic heterocycles. The van der Waals surface area contributed by atoms with E-state index < -0.39 is 0 Å². The van der Waals surface area contributed by atoms with Crippen molar-refractivity contribution in [2.45, 2.75) is 13.7 Å². The van der Waals surface area contributed by atoms with Crippen LogP contribution in [-0.4, -0.2) is 33.5 Å². The third-order valence-electron chi connectivity index (χ3n) is 1.68. The van der Waals surface area contributed by atoms with Crippen LogP contribution in [0.25, 0.3) is 0 Å². The lowest BCUT2D eigenvalue weighted by molar-refractivity contribution is 0.952. The van der Waals surface area contributed by atoms with Crippen LogP contribution >= 0.6 is 46.5 Å². The summed E-state index contributed by atoms with van der Waals surface area (Å²) < 4.78 is 1.74. The number of hydrogen-bond acceptors (Lipinski definition) is 8. The van der Waals surface area contributed by atoms with E-state index in [4.69, 9.17) is 11.6 Å². The molecule has 1 N–H and O–H groups in total.